The second-order valence-corrected chi connectivity index (χ2v) is 8.77. The van der Waals surface area contributed by atoms with Gasteiger partial charge in [-0.3, -0.25) is 9.69 Å². The number of rotatable bonds is 4. The molecule has 0 bridgehead atoms. The number of amides is 1. The molecule has 3 aromatic carbocycles. The molecule has 5 heteroatoms. The van der Waals surface area contributed by atoms with E-state index in [4.69, 9.17) is 5.73 Å². The van der Waals surface area contributed by atoms with Gasteiger partial charge < -0.3 is 16.2 Å². The van der Waals surface area contributed by atoms with Crippen LogP contribution in [0.1, 0.15) is 47.8 Å². The number of nitrogens with one attached hydrogen (secondary N) is 1. The summed E-state index contributed by atoms with van der Waals surface area (Å²) in [5, 5.41) is 15.4. The van der Waals surface area contributed by atoms with Crippen molar-refractivity contribution >= 4 is 17.3 Å². The molecule has 5 nitrogen and oxygen atoms in total. The fourth-order valence-corrected chi connectivity index (χ4v) is 3.97. The lowest BCUT2D eigenvalue weighted by molar-refractivity contribution is -0.0542. The Morgan fingerprint density at radius 1 is 1.00 bits per heavy atom. The first-order valence-corrected chi connectivity index (χ1v) is 10.1. The third-order valence-electron chi connectivity index (χ3n) is 5.32. The lowest BCUT2D eigenvalue weighted by Crippen LogP contribution is -2.44. The summed E-state index contributed by atoms with van der Waals surface area (Å²) in [5.41, 5.74) is 8.48. The van der Waals surface area contributed by atoms with Crippen molar-refractivity contribution in [2.45, 2.75) is 38.6 Å². The van der Waals surface area contributed by atoms with E-state index in [2.05, 4.69) is 26.1 Å². The molecule has 4 rings (SSSR count). The molecule has 1 aliphatic heterocycles. The normalized spacial score (nSPS) is 18.4. The molecule has 0 fully saturated rings. The average Bonchev–Trinajstić information content (AvgIpc) is 2.92. The summed E-state index contributed by atoms with van der Waals surface area (Å²) < 4.78 is 0. The molecular weight excluding hydrogens is 374 g/mol. The summed E-state index contributed by atoms with van der Waals surface area (Å²) in [4.78, 5) is 14.8. The summed E-state index contributed by atoms with van der Waals surface area (Å²) in [6.07, 6.45) is 0. The highest BCUT2D eigenvalue weighted by atomic mass is 16.3. The number of benzene rings is 3. The van der Waals surface area contributed by atoms with Crippen molar-refractivity contribution in [1.82, 2.24) is 4.90 Å². The second-order valence-electron chi connectivity index (χ2n) is 8.77. The Morgan fingerprint density at radius 3 is 2.33 bits per heavy atom. The maximum atomic E-state index is 13.3. The number of fused-ring (bicyclic) bond motifs is 1. The minimum Gasteiger partial charge on any atom is -0.397 e. The van der Waals surface area contributed by atoms with E-state index in [9.17, 15) is 9.90 Å². The van der Waals surface area contributed by atoms with Crippen molar-refractivity contribution in [2.75, 3.05) is 11.1 Å². The molecule has 4 N–H and O–H groups in total. The van der Waals surface area contributed by atoms with Crippen LogP contribution < -0.4 is 11.1 Å². The highest BCUT2D eigenvalue weighted by molar-refractivity contribution is 6.00. The lowest BCUT2D eigenvalue weighted by atomic mass is 9.92. The van der Waals surface area contributed by atoms with E-state index in [-0.39, 0.29) is 18.0 Å². The van der Waals surface area contributed by atoms with Crippen LogP contribution in [0.4, 0.5) is 11.4 Å². The predicted octanol–water partition coefficient (Wildman–Crippen LogP) is 4.33. The molecule has 1 aliphatic rings. The van der Waals surface area contributed by atoms with Crippen molar-refractivity contribution in [3.05, 3.63) is 95.1 Å². The molecule has 30 heavy (non-hydrogen) atoms. The highest BCUT2D eigenvalue weighted by Crippen LogP contribution is 2.44. The van der Waals surface area contributed by atoms with Gasteiger partial charge in [0.15, 0.2) is 5.72 Å². The zero-order chi connectivity index (χ0) is 21.5. The monoisotopic (exact) mass is 401 g/mol. The summed E-state index contributed by atoms with van der Waals surface area (Å²) in [6, 6.07) is 22.3. The van der Waals surface area contributed by atoms with Crippen LogP contribution in [0.2, 0.25) is 0 Å². The maximum Gasteiger partial charge on any atom is 0.257 e. The molecule has 154 valence electrons. The third kappa shape index (κ3) is 3.42. The molecule has 0 spiro atoms. The maximum absolute atomic E-state index is 13.3. The predicted molar refractivity (Wildman–Crippen MR) is 120 cm³/mol. The van der Waals surface area contributed by atoms with Crippen LogP contribution in [-0.2, 0) is 12.3 Å². The van der Waals surface area contributed by atoms with Gasteiger partial charge in [-0.25, -0.2) is 0 Å². The van der Waals surface area contributed by atoms with E-state index in [1.807, 2.05) is 54.6 Å². The summed E-state index contributed by atoms with van der Waals surface area (Å²) in [6.45, 7) is 6.46. The molecular formula is C25H27N3O2. The van der Waals surface area contributed by atoms with Crippen LogP contribution in [0, 0.1) is 0 Å². The fraction of sp³-hybridized carbons (Fsp3) is 0.240. The average molecular weight is 402 g/mol. The second kappa shape index (κ2) is 7.18. The van der Waals surface area contributed by atoms with E-state index in [1.54, 1.807) is 18.2 Å². The van der Waals surface area contributed by atoms with E-state index in [0.29, 0.717) is 22.4 Å². The van der Waals surface area contributed by atoms with Crippen LogP contribution in [0.3, 0.4) is 0 Å². The first-order valence-electron chi connectivity index (χ1n) is 10.1. The molecule has 0 radical (unpaired) electrons. The number of anilines is 2. The smallest absolute Gasteiger partial charge is 0.257 e. The Kier molecular flexibility index (Phi) is 4.79. The Balaban J connectivity index is 1.81. The number of nitrogens with zero attached hydrogens (tertiary/aromatic N) is 1. The SMILES string of the molecule is CC(C)(C)Nc1ccc(C2(O)c3ccccc3C(=O)N2Cc2ccccc2)cc1N. The van der Waals surface area contributed by atoms with Crippen molar-refractivity contribution in [3.63, 3.8) is 0 Å². The van der Waals surface area contributed by atoms with E-state index < -0.39 is 5.72 Å². The van der Waals surface area contributed by atoms with E-state index in [1.165, 1.54) is 4.90 Å². The zero-order valence-electron chi connectivity index (χ0n) is 17.5. The molecule has 1 amide bonds. The number of nitrogens with two attached hydrogens (primary N) is 1. The summed E-state index contributed by atoms with van der Waals surface area (Å²) >= 11 is 0. The van der Waals surface area contributed by atoms with Gasteiger partial charge in [0.05, 0.1) is 11.4 Å². The van der Waals surface area contributed by atoms with Crippen LogP contribution in [0.15, 0.2) is 72.8 Å². The van der Waals surface area contributed by atoms with Gasteiger partial charge in [-0.2, -0.15) is 0 Å². The molecule has 1 atom stereocenters. The Labute approximate surface area is 177 Å². The van der Waals surface area contributed by atoms with Crippen molar-refractivity contribution < 1.29 is 9.90 Å². The van der Waals surface area contributed by atoms with Gasteiger partial charge in [-0.15, -0.1) is 0 Å². The van der Waals surface area contributed by atoms with Crippen LogP contribution in [0.5, 0.6) is 0 Å². The van der Waals surface area contributed by atoms with Gasteiger partial charge in [-0.1, -0.05) is 54.6 Å². The molecule has 1 heterocycles. The molecule has 0 aromatic heterocycles. The van der Waals surface area contributed by atoms with Gasteiger partial charge in [0.1, 0.15) is 0 Å². The Hall–Kier alpha value is -3.31. The van der Waals surface area contributed by atoms with Crippen LogP contribution >= 0.6 is 0 Å². The number of aliphatic hydroxyl groups is 1. The van der Waals surface area contributed by atoms with Gasteiger partial charge >= 0.3 is 0 Å². The Morgan fingerprint density at radius 2 is 1.67 bits per heavy atom. The first kappa shape index (κ1) is 20.0. The Bertz CT molecular complexity index is 1090. The number of carbonyl (C=O) groups is 1. The molecule has 1 unspecified atom stereocenters. The van der Waals surface area contributed by atoms with E-state index >= 15 is 0 Å². The van der Waals surface area contributed by atoms with Crippen molar-refractivity contribution in [1.29, 1.82) is 0 Å². The van der Waals surface area contributed by atoms with Crippen molar-refractivity contribution in [3.8, 4) is 0 Å². The molecule has 3 aromatic rings. The van der Waals surface area contributed by atoms with Crippen molar-refractivity contribution in [2.24, 2.45) is 0 Å². The van der Waals surface area contributed by atoms with E-state index in [0.717, 1.165) is 11.3 Å². The highest BCUT2D eigenvalue weighted by Gasteiger charge is 2.49. The molecule has 0 saturated carbocycles. The number of nitrogen functional groups attached to an aromatic ring is 1. The molecule has 0 saturated heterocycles. The van der Waals surface area contributed by atoms with Gasteiger partial charge in [0, 0.05) is 28.8 Å². The fourth-order valence-electron chi connectivity index (χ4n) is 3.97. The van der Waals surface area contributed by atoms with Gasteiger partial charge in [0.2, 0.25) is 0 Å². The largest absolute Gasteiger partial charge is 0.397 e. The quantitative estimate of drug-likeness (QED) is 0.569. The van der Waals surface area contributed by atoms with Gasteiger partial charge in [-0.05, 0) is 44.5 Å². The standard InChI is InChI=1S/C25H27N3O2/c1-24(2,3)27-22-14-13-18(15-21(22)26)25(30)20-12-8-7-11-19(20)23(29)28(25)16-17-9-5-4-6-10-17/h4-15,27,30H,16,26H2,1-3H3. The minimum absolute atomic E-state index is 0.151. The first-order chi connectivity index (χ1) is 14.2. The topological polar surface area (TPSA) is 78.6 Å². The van der Waals surface area contributed by atoms with Crippen LogP contribution in [0.25, 0.3) is 0 Å². The lowest BCUT2D eigenvalue weighted by Gasteiger charge is -2.35. The van der Waals surface area contributed by atoms with Crippen LogP contribution in [-0.4, -0.2) is 21.5 Å². The molecule has 0 aliphatic carbocycles. The number of hydrogen-bond acceptors (Lipinski definition) is 4. The minimum atomic E-state index is -1.60. The third-order valence-corrected chi connectivity index (χ3v) is 5.32. The van der Waals surface area contributed by atoms with Gasteiger partial charge in [0.25, 0.3) is 5.91 Å². The number of carbonyl (C=O) groups excluding carboxylic acids is 1. The summed E-state index contributed by atoms with van der Waals surface area (Å²) in [5.74, 6) is -0.201. The number of hydrogen-bond donors (Lipinski definition) is 3. The summed E-state index contributed by atoms with van der Waals surface area (Å²) in [7, 11) is 0. The zero-order valence-corrected chi connectivity index (χ0v) is 17.5.